The lowest BCUT2D eigenvalue weighted by Gasteiger charge is -2.50. The first-order valence-corrected chi connectivity index (χ1v) is 4.97. The Morgan fingerprint density at radius 2 is 2.18 bits per heavy atom. The number of halogens is 1. The van der Waals surface area contributed by atoms with Gasteiger partial charge in [-0.3, -0.25) is 0 Å². The molecule has 0 unspecified atom stereocenters. The van der Waals surface area contributed by atoms with Crippen molar-refractivity contribution >= 4 is 11.6 Å². The second-order valence-corrected chi connectivity index (χ2v) is 4.96. The monoisotopic (exact) mass is 173 g/mol. The van der Waals surface area contributed by atoms with Crippen LogP contribution < -0.4 is 0 Å². The van der Waals surface area contributed by atoms with Gasteiger partial charge in [-0.05, 0) is 44.7 Å². The molecule has 1 spiro atoms. The predicted octanol–water partition coefficient (Wildman–Crippen LogP) is 2.10. The minimum absolute atomic E-state index is 0.487. The summed E-state index contributed by atoms with van der Waals surface area (Å²) in [6.07, 6.45) is 5.32. The molecule has 0 N–H and O–H groups in total. The van der Waals surface area contributed by atoms with Crippen LogP contribution in [0.4, 0.5) is 0 Å². The van der Waals surface area contributed by atoms with Crippen molar-refractivity contribution < 1.29 is 0 Å². The minimum atomic E-state index is 0.487. The SMILES string of the molecule is CN1CCCC2(CC(Cl)C2)C1. The molecular formula is C9H16ClN. The van der Waals surface area contributed by atoms with Gasteiger partial charge in [0, 0.05) is 11.9 Å². The lowest BCUT2D eigenvalue weighted by molar-refractivity contribution is 0.0364. The summed E-state index contributed by atoms with van der Waals surface area (Å²) < 4.78 is 0. The molecule has 64 valence electrons. The van der Waals surface area contributed by atoms with E-state index in [2.05, 4.69) is 11.9 Å². The van der Waals surface area contributed by atoms with Crippen LogP contribution in [0.3, 0.4) is 0 Å². The molecule has 1 aliphatic carbocycles. The van der Waals surface area contributed by atoms with Gasteiger partial charge in [0.15, 0.2) is 0 Å². The van der Waals surface area contributed by atoms with Gasteiger partial charge in [-0.15, -0.1) is 11.6 Å². The van der Waals surface area contributed by atoms with Gasteiger partial charge in [0.25, 0.3) is 0 Å². The van der Waals surface area contributed by atoms with Gasteiger partial charge in [-0.2, -0.15) is 0 Å². The molecule has 2 heteroatoms. The van der Waals surface area contributed by atoms with Crippen molar-refractivity contribution in [2.75, 3.05) is 20.1 Å². The standard InChI is InChI=1S/C9H16ClN/c1-11-4-2-3-9(7-11)5-8(10)6-9/h8H,2-7H2,1H3. The Balaban J connectivity index is 1.93. The average Bonchev–Trinajstić information content (AvgIpc) is 1.84. The molecule has 0 radical (unpaired) electrons. The third kappa shape index (κ3) is 1.41. The quantitative estimate of drug-likeness (QED) is 0.508. The minimum Gasteiger partial charge on any atom is -0.306 e. The predicted molar refractivity (Wildman–Crippen MR) is 48.0 cm³/mol. The van der Waals surface area contributed by atoms with Crippen LogP contribution in [0.2, 0.25) is 0 Å². The Morgan fingerprint density at radius 1 is 1.45 bits per heavy atom. The van der Waals surface area contributed by atoms with Crippen molar-refractivity contribution in [3.8, 4) is 0 Å². The molecule has 0 atom stereocenters. The van der Waals surface area contributed by atoms with Crippen LogP contribution in [0.25, 0.3) is 0 Å². The maximum Gasteiger partial charge on any atom is 0.0347 e. The molecule has 1 heterocycles. The van der Waals surface area contributed by atoms with E-state index in [4.69, 9.17) is 11.6 Å². The highest BCUT2D eigenvalue weighted by molar-refractivity contribution is 6.21. The lowest BCUT2D eigenvalue weighted by atomic mass is 9.64. The van der Waals surface area contributed by atoms with E-state index in [0.29, 0.717) is 10.8 Å². The molecule has 2 fully saturated rings. The summed E-state index contributed by atoms with van der Waals surface area (Å²) in [5.41, 5.74) is 0.638. The van der Waals surface area contributed by atoms with Crippen molar-refractivity contribution in [2.24, 2.45) is 5.41 Å². The smallest absolute Gasteiger partial charge is 0.0347 e. The summed E-state index contributed by atoms with van der Waals surface area (Å²) in [7, 11) is 2.22. The van der Waals surface area contributed by atoms with Crippen LogP contribution in [-0.4, -0.2) is 30.4 Å². The van der Waals surface area contributed by atoms with Crippen molar-refractivity contribution in [3.05, 3.63) is 0 Å². The largest absolute Gasteiger partial charge is 0.306 e. The molecule has 2 aliphatic rings. The summed E-state index contributed by atoms with van der Waals surface area (Å²) >= 11 is 6.00. The average molecular weight is 174 g/mol. The fourth-order valence-electron chi connectivity index (χ4n) is 2.67. The second kappa shape index (κ2) is 2.63. The molecule has 1 saturated carbocycles. The highest BCUT2D eigenvalue weighted by Gasteiger charge is 2.44. The van der Waals surface area contributed by atoms with Gasteiger partial charge >= 0.3 is 0 Å². The Hall–Kier alpha value is 0.250. The number of hydrogen-bond donors (Lipinski definition) is 0. The van der Waals surface area contributed by atoms with Crippen molar-refractivity contribution in [3.63, 3.8) is 0 Å². The Morgan fingerprint density at radius 3 is 2.73 bits per heavy atom. The van der Waals surface area contributed by atoms with Crippen LogP contribution in [0, 0.1) is 5.41 Å². The molecule has 1 nitrogen and oxygen atoms in total. The zero-order chi connectivity index (χ0) is 7.90. The highest BCUT2D eigenvalue weighted by atomic mass is 35.5. The number of piperidine rings is 1. The van der Waals surface area contributed by atoms with Crippen LogP contribution >= 0.6 is 11.6 Å². The van der Waals surface area contributed by atoms with Gasteiger partial charge in [0.1, 0.15) is 0 Å². The second-order valence-electron chi connectivity index (χ2n) is 4.35. The lowest BCUT2D eigenvalue weighted by Crippen LogP contribution is -2.49. The topological polar surface area (TPSA) is 3.24 Å². The maximum absolute atomic E-state index is 6.00. The number of likely N-dealkylation sites (tertiary alicyclic amines) is 1. The number of alkyl halides is 1. The van der Waals surface area contributed by atoms with Gasteiger partial charge in [-0.25, -0.2) is 0 Å². The highest BCUT2D eigenvalue weighted by Crippen LogP contribution is 2.49. The van der Waals surface area contributed by atoms with Crippen LogP contribution in [0.5, 0.6) is 0 Å². The number of nitrogens with zero attached hydrogens (tertiary/aromatic N) is 1. The van der Waals surface area contributed by atoms with Crippen LogP contribution in [0.15, 0.2) is 0 Å². The van der Waals surface area contributed by atoms with E-state index >= 15 is 0 Å². The third-order valence-corrected chi connectivity index (χ3v) is 3.47. The summed E-state index contributed by atoms with van der Waals surface area (Å²) in [5, 5.41) is 0.487. The molecule has 1 saturated heterocycles. The normalized spacial score (nSPS) is 45.8. The van der Waals surface area contributed by atoms with E-state index in [1.807, 2.05) is 0 Å². The van der Waals surface area contributed by atoms with Gasteiger partial charge in [-0.1, -0.05) is 0 Å². The van der Waals surface area contributed by atoms with Gasteiger partial charge in [0.05, 0.1) is 0 Å². The van der Waals surface area contributed by atoms with E-state index in [-0.39, 0.29) is 0 Å². The summed E-state index contributed by atoms with van der Waals surface area (Å²) in [6, 6.07) is 0. The first kappa shape index (κ1) is 7.88. The van der Waals surface area contributed by atoms with Gasteiger partial charge in [0.2, 0.25) is 0 Å². The Kier molecular flexibility index (Phi) is 1.89. The van der Waals surface area contributed by atoms with Gasteiger partial charge < -0.3 is 4.90 Å². The van der Waals surface area contributed by atoms with Crippen molar-refractivity contribution in [1.29, 1.82) is 0 Å². The zero-order valence-corrected chi connectivity index (χ0v) is 7.90. The fourth-order valence-corrected chi connectivity index (χ4v) is 3.32. The van der Waals surface area contributed by atoms with E-state index < -0.39 is 0 Å². The molecular weight excluding hydrogens is 158 g/mol. The van der Waals surface area contributed by atoms with Crippen molar-refractivity contribution in [1.82, 2.24) is 4.90 Å². The molecule has 0 aromatic heterocycles. The molecule has 0 aromatic rings. The molecule has 2 rings (SSSR count). The van der Waals surface area contributed by atoms with Crippen LogP contribution in [-0.2, 0) is 0 Å². The summed E-state index contributed by atoms with van der Waals surface area (Å²) in [6.45, 7) is 2.57. The molecule has 0 amide bonds. The fraction of sp³-hybridized carbons (Fsp3) is 1.00. The maximum atomic E-state index is 6.00. The van der Waals surface area contributed by atoms with Crippen LogP contribution in [0.1, 0.15) is 25.7 Å². The molecule has 1 aliphatic heterocycles. The van der Waals surface area contributed by atoms with E-state index in [1.165, 1.54) is 38.8 Å². The van der Waals surface area contributed by atoms with E-state index in [1.54, 1.807) is 0 Å². The van der Waals surface area contributed by atoms with Crippen molar-refractivity contribution in [2.45, 2.75) is 31.1 Å². The number of rotatable bonds is 0. The summed E-state index contributed by atoms with van der Waals surface area (Å²) in [4.78, 5) is 2.45. The summed E-state index contributed by atoms with van der Waals surface area (Å²) in [5.74, 6) is 0. The van der Waals surface area contributed by atoms with E-state index in [9.17, 15) is 0 Å². The first-order chi connectivity index (χ1) is 5.20. The number of hydrogen-bond acceptors (Lipinski definition) is 1. The Bertz CT molecular complexity index is 146. The molecule has 0 aromatic carbocycles. The zero-order valence-electron chi connectivity index (χ0n) is 7.15. The first-order valence-electron chi connectivity index (χ1n) is 4.53. The molecule has 11 heavy (non-hydrogen) atoms. The molecule has 0 bridgehead atoms. The Labute approximate surface area is 73.7 Å². The third-order valence-electron chi connectivity index (χ3n) is 3.16. The van der Waals surface area contributed by atoms with E-state index in [0.717, 1.165) is 0 Å².